The first-order valence-corrected chi connectivity index (χ1v) is 6.10. The Morgan fingerprint density at radius 3 is 2.75 bits per heavy atom. The molecule has 0 radical (unpaired) electrons. The lowest BCUT2D eigenvalue weighted by atomic mass is 10.1. The molecule has 2 atom stereocenters. The standard InChI is InChI=1S/C11H15Cl2N3/c1-7-4-16(6-9(7)14)5-8-2-3-10(12)15-11(8)13/h2-3,7,9H,4-6,14H2,1H3. The van der Waals surface area contributed by atoms with Crippen molar-refractivity contribution in [3.8, 4) is 0 Å². The largest absolute Gasteiger partial charge is 0.326 e. The summed E-state index contributed by atoms with van der Waals surface area (Å²) in [5, 5.41) is 0.917. The van der Waals surface area contributed by atoms with Gasteiger partial charge in [-0.3, -0.25) is 4.90 Å². The molecule has 0 bridgehead atoms. The fraction of sp³-hybridized carbons (Fsp3) is 0.545. The smallest absolute Gasteiger partial charge is 0.135 e. The van der Waals surface area contributed by atoms with Crippen molar-refractivity contribution >= 4 is 23.2 Å². The number of hydrogen-bond donors (Lipinski definition) is 1. The first-order valence-electron chi connectivity index (χ1n) is 5.35. The maximum atomic E-state index is 6.03. The maximum Gasteiger partial charge on any atom is 0.135 e. The summed E-state index contributed by atoms with van der Waals surface area (Å²) >= 11 is 11.8. The topological polar surface area (TPSA) is 42.2 Å². The third-order valence-corrected chi connectivity index (χ3v) is 3.57. The van der Waals surface area contributed by atoms with Crippen molar-refractivity contribution in [2.24, 2.45) is 11.7 Å². The molecule has 2 heterocycles. The van der Waals surface area contributed by atoms with Crippen molar-refractivity contribution < 1.29 is 0 Å². The SMILES string of the molecule is CC1CN(Cc2ccc(Cl)nc2Cl)CC1N. The van der Waals surface area contributed by atoms with Crippen LogP contribution in [0.2, 0.25) is 10.3 Å². The summed E-state index contributed by atoms with van der Waals surface area (Å²) < 4.78 is 0. The van der Waals surface area contributed by atoms with E-state index in [0.29, 0.717) is 16.2 Å². The second-order valence-electron chi connectivity index (χ2n) is 4.42. The molecular weight excluding hydrogens is 245 g/mol. The highest BCUT2D eigenvalue weighted by molar-refractivity contribution is 6.32. The number of nitrogens with zero attached hydrogens (tertiary/aromatic N) is 2. The van der Waals surface area contributed by atoms with Crippen molar-refractivity contribution in [1.82, 2.24) is 9.88 Å². The molecule has 0 aliphatic carbocycles. The van der Waals surface area contributed by atoms with E-state index < -0.39 is 0 Å². The normalized spacial score (nSPS) is 26.2. The molecule has 16 heavy (non-hydrogen) atoms. The second kappa shape index (κ2) is 4.88. The van der Waals surface area contributed by atoms with Gasteiger partial charge in [0.1, 0.15) is 10.3 Å². The Kier molecular flexibility index (Phi) is 3.70. The number of nitrogens with two attached hydrogens (primary N) is 1. The molecule has 2 N–H and O–H groups in total. The van der Waals surface area contributed by atoms with Gasteiger partial charge in [-0.25, -0.2) is 4.98 Å². The van der Waals surface area contributed by atoms with Crippen LogP contribution in [0.4, 0.5) is 0 Å². The van der Waals surface area contributed by atoms with Gasteiger partial charge in [0.25, 0.3) is 0 Å². The third-order valence-electron chi connectivity index (χ3n) is 3.03. The van der Waals surface area contributed by atoms with Crippen molar-refractivity contribution in [3.05, 3.63) is 28.0 Å². The average molecular weight is 260 g/mol. The molecule has 0 spiro atoms. The van der Waals surface area contributed by atoms with E-state index in [0.717, 1.165) is 25.2 Å². The Morgan fingerprint density at radius 2 is 2.19 bits per heavy atom. The summed E-state index contributed by atoms with van der Waals surface area (Å²) in [6, 6.07) is 3.95. The Bertz CT molecular complexity index is 373. The van der Waals surface area contributed by atoms with Gasteiger partial charge >= 0.3 is 0 Å². The molecule has 1 aliphatic heterocycles. The fourth-order valence-corrected chi connectivity index (χ4v) is 2.43. The summed E-state index contributed by atoms with van der Waals surface area (Å²) in [6.45, 7) is 4.90. The number of pyridine rings is 1. The van der Waals surface area contributed by atoms with Gasteiger partial charge < -0.3 is 5.73 Å². The maximum absolute atomic E-state index is 6.03. The van der Waals surface area contributed by atoms with Crippen molar-refractivity contribution in [1.29, 1.82) is 0 Å². The second-order valence-corrected chi connectivity index (χ2v) is 5.16. The molecule has 1 fully saturated rings. The third kappa shape index (κ3) is 2.66. The van der Waals surface area contributed by atoms with E-state index in [1.807, 2.05) is 6.07 Å². The fourth-order valence-electron chi connectivity index (χ4n) is 2.02. The van der Waals surface area contributed by atoms with Crippen LogP contribution in [0.15, 0.2) is 12.1 Å². The summed E-state index contributed by atoms with van der Waals surface area (Å²) in [5.74, 6) is 0.541. The van der Waals surface area contributed by atoms with E-state index in [1.165, 1.54) is 0 Å². The molecule has 1 aromatic rings. The molecule has 88 valence electrons. The molecule has 1 aromatic heterocycles. The zero-order valence-corrected chi connectivity index (χ0v) is 10.7. The van der Waals surface area contributed by atoms with Crippen LogP contribution in [-0.4, -0.2) is 29.0 Å². The molecule has 2 unspecified atom stereocenters. The molecule has 0 aromatic carbocycles. The van der Waals surface area contributed by atoms with Crippen LogP contribution in [0.3, 0.4) is 0 Å². The summed E-state index contributed by atoms with van der Waals surface area (Å²) in [5.41, 5.74) is 6.98. The minimum Gasteiger partial charge on any atom is -0.326 e. The molecule has 1 aliphatic rings. The minimum absolute atomic E-state index is 0.263. The molecule has 1 saturated heterocycles. The number of rotatable bonds is 2. The van der Waals surface area contributed by atoms with Crippen LogP contribution < -0.4 is 5.73 Å². The van der Waals surface area contributed by atoms with E-state index in [9.17, 15) is 0 Å². The van der Waals surface area contributed by atoms with Gasteiger partial charge in [0.2, 0.25) is 0 Å². The van der Waals surface area contributed by atoms with Gasteiger partial charge in [-0.1, -0.05) is 36.2 Å². The lowest BCUT2D eigenvalue weighted by molar-refractivity contribution is 0.318. The van der Waals surface area contributed by atoms with E-state index in [1.54, 1.807) is 6.07 Å². The quantitative estimate of drug-likeness (QED) is 0.828. The monoisotopic (exact) mass is 259 g/mol. The number of halogens is 2. The van der Waals surface area contributed by atoms with Crippen LogP contribution in [0.25, 0.3) is 0 Å². The van der Waals surface area contributed by atoms with Gasteiger partial charge in [-0.2, -0.15) is 0 Å². The lowest BCUT2D eigenvalue weighted by Crippen LogP contribution is -2.28. The van der Waals surface area contributed by atoms with Crippen molar-refractivity contribution in [3.63, 3.8) is 0 Å². The van der Waals surface area contributed by atoms with Crippen LogP contribution in [0.5, 0.6) is 0 Å². The van der Waals surface area contributed by atoms with E-state index >= 15 is 0 Å². The van der Waals surface area contributed by atoms with Gasteiger partial charge in [0.05, 0.1) is 0 Å². The number of hydrogen-bond acceptors (Lipinski definition) is 3. The summed E-state index contributed by atoms with van der Waals surface area (Å²) in [6.07, 6.45) is 0. The van der Waals surface area contributed by atoms with Gasteiger partial charge in [-0.15, -0.1) is 0 Å². The van der Waals surface area contributed by atoms with E-state index in [-0.39, 0.29) is 6.04 Å². The zero-order valence-electron chi connectivity index (χ0n) is 9.16. The van der Waals surface area contributed by atoms with Crippen molar-refractivity contribution in [2.45, 2.75) is 19.5 Å². The molecule has 2 rings (SSSR count). The highest BCUT2D eigenvalue weighted by atomic mass is 35.5. The first kappa shape index (κ1) is 12.1. The van der Waals surface area contributed by atoms with Crippen LogP contribution in [0.1, 0.15) is 12.5 Å². The van der Waals surface area contributed by atoms with Crippen LogP contribution >= 0.6 is 23.2 Å². The van der Waals surface area contributed by atoms with Crippen LogP contribution in [0, 0.1) is 5.92 Å². The predicted octanol–water partition coefficient (Wildman–Crippen LogP) is 2.17. The Hall–Kier alpha value is -0.350. The van der Waals surface area contributed by atoms with E-state index in [2.05, 4.69) is 16.8 Å². The van der Waals surface area contributed by atoms with Gasteiger partial charge in [0.15, 0.2) is 0 Å². The van der Waals surface area contributed by atoms with Crippen LogP contribution in [-0.2, 0) is 6.54 Å². The number of likely N-dealkylation sites (tertiary alicyclic amines) is 1. The Morgan fingerprint density at radius 1 is 1.44 bits per heavy atom. The average Bonchev–Trinajstić information content (AvgIpc) is 2.51. The lowest BCUT2D eigenvalue weighted by Gasteiger charge is -2.15. The van der Waals surface area contributed by atoms with Crippen molar-refractivity contribution in [2.75, 3.05) is 13.1 Å². The highest BCUT2D eigenvalue weighted by Gasteiger charge is 2.26. The Balaban J connectivity index is 2.05. The molecular formula is C11H15Cl2N3. The minimum atomic E-state index is 0.263. The molecule has 3 nitrogen and oxygen atoms in total. The predicted molar refractivity (Wildman–Crippen MR) is 66.7 cm³/mol. The summed E-state index contributed by atoms with van der Waals surface area (Å²) in [4.78, 5) is 6.32. The summed E-state index contributed by atoms with van der Waals surface area (Å²) in [7, 11) is 0. The highest BCUT2D eigenvalue weighted by Crippen LogP contribution is 2.22. The molecule has 0 amide bonds. The number of aromatic nitrogens is 1. The molecule has 0 saturated carbocycles. The van der Waals surface area contributed by atoms with Gasteiger partial charge in [-0.05, 0) is 12.0 Å². The first-order chi connectivity index (χ1) is 7.56. The zero-order chi connectivity index (χ0) is 11.7. The molecule has 5 heteroatoms. The van der Waals surface area contributed by atoms with E-state index in [4.69, 9.17) is 28.9 Å². The van der Waals surface area contributed by atoms with Gasteiger partial charge in [0, 0.05) is 31.2 Å². The Labute approximate surface area is 106 Å².